The molecular formula is C15H18N2O7S3. The Morgan fingerprint density at radius 2 is 1.30 bits per heavy atom. The van der Waals surface area contributed by atoms with Crippen LogP contribution in [0.15, 0.2) is 57.2 Å². The fourth-order valence-electron chi connectivity index (χ4n) is 2.04. The highest BCUT2D eigenvalue weighted by Crippen LogP contribution is 2.29. The molecule has 0 unspecified atom stereocenters. The number of hydrogen-bond donors (Lipinski definition) is 2. The number of nitrogens with one attached hydrogen (secondary N) is 1. The summed E-state index contributed by atoms with van der Waals surface area (Å²) < 4.78 is 75.3. The fraction of sp³-hybridized carbons (Fsp3) is 0.200. The smallest absolute Gasteiger partial charge is 0.262 e. The lowest BCUT2D eigenvalue weighted by Crippen LogP contribution is -2.22. The van der Waals surface area contributed by atoms with Crippen LogP contribution in [-0.4, -0.2) is 55.0 Å². The predicted molar refractivity (Wildman–Crippen MR) is 99.3 cm³/mol. The average Bonchev–Trinajstić information content (AvgIpc) is 2.55. The van der Waals surface area contributed by atoms with E-state index in [9.17, 15) is 30.4 Å². The molecule has 0 fully saturated rings. The molecule has 0 aliphatic heterocycles. The molecule has 9 nitrogen and oxygen atoms in total. The molecule has 0 aliphatic rings. The van der Waals surface area contributed by atoms with E-state index in [1.54, 1.807) is 0 Å². The van der Waals surface area contributed by atoms with Crippen LogP contribution in [0.25, 0.3) is 0 Å². The standard InChI is InChI=1S/C15H18N2O7S3/c1-17(2)27(23,24)13-8-9-15(18)14(10-13)16-26(21,22)12-6-4-11(5-7-12)25(3,19)20/h4-10,16,18H,1-3H3. The maximum absolute atomic E-state index is 12.5. The Labute approximate surface area is 158 Å². The molecule has 2 aromatic rings. The molecule has 0 saturated carbocycles. The topological polar surface area (TPSA) is 138 Å². The van der Waals surface area contributed by atoms with Crippen LogP contribution in [0.3, 0.4) is 0 Å². The van der Waals surface area contributed by atoms with E-state index in [4.69, 9.17) is 0 Å². The zero-order chi connectivity index (χ0) is 20.6. The Bertz CT molecular complexity index is 1170. The number of benzene rings is 2. The van der Waals surface area contributed by atoms with Gasteiger partial charge in [-0.3, -0.25) is 4.72 Å². The Kier molecular flexibility index (Phi) is 5.57. The van der Waals surface area contributed by atoms with Gasteiger partial charge in [0.2, 0.25) is 10.0 Å². The molecule has 0 aromatic heterocycles. The Hall–Kier alpha value is -2.15. The van der Waals surface area contributed by atoms with Crippen LogP contribution in [0.1, 0.15) is 0 Å². The summed E-state index contributed by atoms with van der Waals surface area (Å²) in [7, 11) is -8.89. The van der Waals surface area contributed by atoms with Crippen molar-refractivity contribution in [3.8, 4) is 5.75 Å². The van der Waals surface area contributed by atoms with Gasteiger partial charge < -0.3 is 5.11 Å². The van der Waals surface area contributed by atoms with Crippen molar-refractivity contribution in [2.45, 2.75) is 14.7 Å². The molecular weight excluding hydrogens is 416 g/mol. The Morgan fingerprint density at radius 3 is 1.78 bits per heavy atom. The normalized spacial score (nSPS) is 12.9. The highest BCUT2D eigenvalue weighted by atomic mass is 32.2. The van der Waals surface area contributed by atoms with Crippen LogP contribution < -0.4 is 4.72 Å². The number of rotatable bonds is 6. The monoisotopic (exact) mass is 434 g/mol. The summed E-state index contributed by atoms with van der Waals surface area (Å²) in [5.74, 6) is -0.468. The molecule has 2 aromatic carbocycles. The minimum absolute atomic E-state index is 0.0524. The van der Waals surface area contributed by atoms with E-state index in [0.29, 0.717) is 0 Å². The third kappa shape index (κ3) is 4.58. The Morgan fingerprint density at radius 1 is 0.815 bits per heavy atom. The number of sulfone groups is 1. The van der Waals surface area contributed by atoms with E-state index in [-0.39, 0.29) is 20.4 Å². The number of nitrogens with zero attached hydrogens (tertiary/aromatic N) is 1. The van der Waals surface area contributed by atoms with Gasteiger partial charge in [0.1, 0.15) is 5.75 Å². The molecule has 12 heteroatoms. The van der Waals surface area contributed by atoms with Crippen LogP contribution in [0.2, 0.25) is 0 Å². The van der Waals surface area contributed by atoms with Gasteiger partial charge in [-0.25, -0.2) is 29.6 Å². The summed E-state index contributed by atoms with van der Waals surface area (Å²) in [6.45, 7) is 0. The van der Waals surface area contributed by atoms with Gasteiger partial charge in [0.15, 0.2) is 9.84 Å². The van der Waals surface area contributed by atoms with Crippen LogP contribution in [0.5, 0.6) is 5.75 Å². The summed E-state index contributed by atoms with van der Waals surface area (Å²) in [6, 6.07) is 7.65. The van der Waals surface area contributed by atoms with Gasteiger partial charge in [-0.1, -0.05) is 0 Å². The van der Waals surface area contributed by atoms with Gasteiger partial charge in [0.05, 0.1) is 20.4 Å². The molecule has 2 rings (SSSR count). The highest BCUT2D eigenvalue weighted by Gasteiger charge is 2.22. The van der Waals surface area contributed by atoms with Crippen molar-refractivity contribution in [1.29, 1.82) is 0 Å². The molecule has 0 aliphatic carbocycles. The van der Waals surface area contributed by atoms with E-state index >= 15 is 0 Å². The largest absolute Gasteiger partial charge is 0.506 e. The molecule has 0 heterocycles. The van der Waals surface area contributed by atoms with Crippen molar-refractivity contribution in [3.05, 3.63) is 42.5 Å². The maximum Gasteiger partial charge on any atom is 0.262 e. The molecule has 0 amide bonds. The molecule has 0 saturated heterocycles. The number of aromatic hydroxyl groups is 1. The summed E-state index contributed by atoms with van der Waals surface area (Å²) in [4.78, 5) is -0.519. The van der Waals surface area contributed by atoms with Crippen LogP contribution in [0, 0.1) is 0 Å². The molecule has 27 heavy (non-hydrogen) atoms. The van der Waals surface area contributed by atoms with Crippen LogP contribution in [0.4, 0.5) is 5.69 Å². The second kappa shape index (κ2) is 7.11. The lowest BCUT2D eigenvalue weighted by atomic mass is 10.3. The fourth-order valence-corrected chi connectivity index (χ4v) is 4.66. The third-order valence-corrected chi connectivity index (χ3v) is 7.87. The van der Waals surface area contributed by atoms with E-state index in [1.807, 2.05) is 0 Å². The lowest BCUT2D eigenvalue weighted by molar-refractivity contribution is 0.476. The van der Waals surface area contributed by atoms with Gasteiger partial charge in [0, 0.05) is 20.4 Å². The van der Waals surface area contributed by atoms with Crippen molar-refractivity contribution in [1.82, 2.24) is 4.31 Å². The second-order valence-corrected chi connectivity index (χ2v) is 11.7. The number of phenols is 1. The SMILES string of the molecule is CN(C)S(=O)(=O)c1ccc(O)c(NS(=O)(=O)c2ccc(S(C)(=O)=O)cc2)c1. The first-order chi connectivity index (χ1) is 12.2. The first kappa shape index (κ1) is 21.2. The summed E-state index contributed by atoms with van der Waals surface area (Å²) in [6.07, 6.45) is 0.990. The predicted octanol–water partition coefficient (Wildman–Crippen LogP) is 0.847. The lowest BCUT2D eigenvalue weighted by Gasteiger charge is -2.14. The van der Waals surface area contributed by atoms with Gasteiger partial charge in [-0.05, 0) is 42.5 Å². The molecule has 0 radical (unpaired) electrons. The van der Waals surface area contributed by atoms with Gasteiger partial charge in [-0.2, -0.15) is 0 Å². The van der Waals surface area contributed by atoms with Crippen molar-refractivity contribution < 1.29 is 30.4 Å². The van der Waals surface area contributed by atoms with Crippen molar-refractivity contribution in [2.75, 3.05) is 25.1 Å². The molecule has 148 valence electrons. The highest BCUT2D eigenvalue weighted by molar-refractivity contribution is 7.93. The zero-order valence-corrected chi connectivity index (χ0v) is 17.1. The van der Waals surface area contributed by atoms with Crippen LogP contribution in [-0.2, 0) is 29.9 Å². The average molecular weight is 435 g/mol. The molecule has 2 N–H and O–H groups in total. The van der Waals surface area contributed by atoms with Crippen molar-refractivity contribution in [2.24, 2.45) is 0 Å². The second-order valence-electron chi connectivity index (χ2n) is 5.82. The van der Waals surface area contributed by atoms with Crippen molar-refractivity contribution in [3.63, 3.8) is 0 Å². The molecule has 0 spiro atoms. The van der Waals surface area contributed by atoms with E-state index in [2.05, 4.69) is 4.72 Å². The van der Waals surface area contributed by atoms with Gasteiger partial charge in [-0.15, -0.1) is 0 Å². The summed E-state index contributed by atoms with van der Waals surface area (Å²) in [5, 5.41) is 9.89. The minimum atomic E-state index is -4.19. The van der Waals surface area contributed by atoms with Gasteiger partial charge in [0.25, 0.3) is 10.0 Å². The summed E-state index contributed by atoms with van der Waals surface area (Å²) in [5.41, 5.74) is -0.329. The third-order valence-electron chi connectivity index (χ3n) is 3.55. The van der Waals surface area contributed by atoms with E-state index in [1.165, 1.54) is 14.1 Å². The number of hydrogen-bond acceptors (Lipinski definition) is 7. The Balaban J connectivity index is 2.44. The first-order valence-corrected chi connectivity index (χ1v) is 12.1. The van der Waals surface area contributed by atoms with Gasteiger partial charge >= 0.3 is 0 Å². The quantitative estimate of drug-likeness (QED) is 0.643. The van der Waals surface area contributed by atoms with Crippen LogP contribution >= 0.6 is 0 Å². The van der Waals surface area contributed by atoms with E-state index < -0.39 is 35.6 Å². The summed E-state index contributed by atoms with van der Waals surface area (Å²) >= 11 is 0. The number of anilines is 1. The van der Waals surface area contributed by atoms with Crippen molar-refractivity contribution >= 4 is 35.6 Å². The first-order valence-electron chi connectivity index (χ1n) is 7.33. The zero-order valence-electron chi connectivity index (χ0n) is 14.6. The van der Waals surface area contributed by atoms with E-state index in [0.717, 1.165) is 53.0 Å². The number of sulfonamides is 2. The molecule has 0 atom stereocenters. The number of phenolic OH excluding ortho intramolecular Hbond substituents is 1. The minimum Gasteiger partial charge on any atom is -0.506 e. The maximum atomic E-state index is 12.5. The molecule has 0 bridgehead atoms.